The molecule has 29 heavy (non-hydrogen) atoms. The van der Waals surface area contributed by atoms with Crippen molar-refractivity contribution in [3.05, 3.63) is 66.0 Å². The molecule has 4 aromatic rings. The first-order valence-corrected chi connectivity index (χ1v) is 8.77. The summed E-state index contributed by atoms with van der Waals surface area (Å²) in [5, 5.41) is 10.6. The molecular formula is C21H17FN6O. The van der Waals surface area contributed by atoms with Crippen molar-refractivity contribution in [3.8, 4) is 23.2 Å². The Morgan fingerprint density at radius 3 is 2.62 bits per heavy atom. The van der Waals surface area contributed by atoms with E-state index in [0.717, 1.165) is 0 Å². The van der Waals surface area contributed by atoms with Crippen molar-refractivity contribution >= 4 is 17.0 Å². The second-order valence-electron chi connectivity index (χ2n) is 6.67. The molecule has 0 radical (unpaired) electrons. The number of aliphatic hydroxyl groups is 1. The summed E-state index contributed by atoms with van der Waals surface area (Å²) in [5.74, 6) is 6.00. The highest BCUT2D eigenvalue weighted by molar-refractivity contribution is 5.85. The van der Waals surface area contributed by atoms with Gasteiger partial charge in [0, 0.05) is 25.0 Å². The molecule has 0 amide bonds. The number of rotatable bonds is 2. The second-order valence-corrected chi connectivity index (χ2v) is 6.67. The summed E-state index contributed by atoms with van der Waals surface area (Å²) in [4.78, 5) is 17.0. The first-order valence-electron chi connectivity index (χ1n) is 8.77. The molecule has 3 aromatic heterocycles. The number of aromatic nitrogens is 5. The van der Waals surface area contributed by atoms with Gasteiger partial charge in [-0.15, -0.1) is 0 Å². The zero-order chi connectivity index (χ0) is 20.6. The monoisotopic (exact) mass is 388 g/mol. The third kappa shape index (κ3) is 3.51. The number of nitrogens with zero attached hydrogens (tertiary/aromatic N) is 5. The third-order valence-corrected chi connectivity index (χ3v) is 4.49. The normalized spacial score (nSPS) is 13.0. The molecule has 1 atom stereocenters. The molecule has 0 spiro atoms. The molecule has 0 fully saturated rings. The van der Waals surface area contributed by atoms with Gasteiger partial charge in [-0.2, -0.15) is 0 Å². The molecular weight excluding hydrogens is 371 g/mol. The highest BCUT2D eigenvalue weighted by Crippen LogP contribution is 2.25. The molecule has 0 aliphatic carbocycles. The van der Waals surface area contributed by atoms with E-state index in [1.165, 1.54) is 12.1 Å². The van der Waals surface area contributed by atoms with Crippen LogP contribution in [-0.2, 0) is 12.6 Å². The number of imidazole rings is 1. The predicted octanol–water partition coefficient (Wildman–Crippen LogP) is 2.41. The van der Waals surface area contributed by atoms with Crippen LogP contribution in [0.15, 0.2) is 48.8 Å². The Morgan fingerprint density at radius 1 is 1.14 bits per heavy atom. The zero-order valence-electron chi connectivity index (χ0n) is 15.8. The van der Waals surface area contributed by atoms with E-state index < -0.39 is 5.60 Å². The van der Waals surface area contributed by atoms with Gasteiger partial charge in [-0.1, -0.05) is 18.1 Å². The van der Waals surface area contributed by atoms with Crippen LogP contribution in [0.3, 0.4) is 0 Å². The van der Waals surface area contributed by atoms with Gasteiger partial charge in [0.05, 0.1) is 0 Å². The lowest BCUT2D eigenvalue weighted by Gasteiger charge is -2.15. The topological polar surface area (TPSA) is 103 Å². The van der Waals surface area contributed by atoms with Gasteiger partial charge in [0.2, 0.25) is 5.82 Å². The molecule has 8 heteroatoms. The van der Waals surface area contributed by atoms with E-state index >= 15 is 0 Å². The van der Waals surface area contributed by atoms with E-state index in [0.29, 0.717) is 28.1 Å². The van der Waals surface area contributed by atoms with Gasteiger partial charge in [0.15, 0.2) is 17.0 Å². The summed E-state index contributed by atoms with van der Waals surface area (Å²) in [6.07, 6.45) is 3.16. The van der Waals surface area contributed by atoms with Crippen LogP contribution in [0.4, 0.5) is 10.2 Å². The maximum Gasteiger partial charge on any atom is 0.209 e. The van der Waals surface area contributed by atoms with Crippen LogP contribution in [-0.4, -0.2) is 29.6 Å². The maximum atomic E-state index is 13.6. The fourth-order valence-corrected chi connectivity index (χ4v) is 2.95. The van der Waals surface area contributed by atoms with Crippen LogP contribution in [0.2, 0.25) is 0 Å². The minimum Gasteiger partial charge on any atom is -0.382 e. The number of nitrogen functional groups attached to an aromatic ring is 1. The van der Waals surface area contributed by atoms with E-state index in [1.807, 2.05) is 0 Å². The van der Waals surface area contributed by atoms with Crippen LogP contribution in [0.25, 0.3) is 22.6 Å². The predicted molar refractivity (Wildman–Crippen MR) is 107 cm³/mol. The Morgan fingerprint density at radius 2 is 1.90 bits per heavy atom. The highest BCUT2D eigenvalue weighted by Gasteiger charge is 2.20. The van der Waals surface area contributed by atoms with Crippen LogP contribution in [0.5, 0.6) is 0 Å². The molecule has 3 N–H and O–H groups in total. The van der Waals surface area contributed by atoms with Crippen LogP contribution in [0.1, 0.15) is 18.3 Å². The molecule has 7 nitrogen and oxygen atoms in total. The molecule has 0 aliphatic rings. The van der Waals surface area contributed by atoms with Crippen molar-refractivity contribution in [1.82, 2.24) is 24.5 Å². The summed E-state index contributed by atoms with van der Waals surface area (Å²) in [6.45, 7) is 1.57. The molecule has 1 aromatic carbocycles. The van der Waals surface area contributed by atoms with Crippen molar-refractivity contribution in [2.45, 2.75) is 12.5 Å². The maximum absolute atomic E-state index is 13.6. The summed E-state index contributed by atoms with van der Waals surface area (Å²) >= 11 is 0. The molecule has 4 rings (SSSR count). The zero-order valence-corrected chi connectivity index (χ0v) is 15.8. The SMILES string of the molecule is Cn1c(-c2cccc(F)c2)nc2c(N)nc(C#CC(C)(O)c3ccncc3)nc21. The average molecular weight is 388 g/mol. The van der Waals surface area contributed by atoms with Crippen LogP contribution in [0, 0.1) is 17.7 Å². The van der Waals surface area contributed by atoms with Gasteiger partial charge >= 0.3 is 0 Å². The number of hydrogen-bond donors (Lipinski definition) is 2. The molecule has 0 saturated heterocycles. The number of anilines is 1. The van der Waals surface area contributed by atoms with E-state index in [-0.39, 0.29) is 17.5 Å². The van der Waals surface area contributed by atoms with E-state index in [9.17, 15) is 9.50 Å². The van der Waals surface area contributed by atoms with Crippen molar-refractivity contribution in [2.24, 2.45) is 7.05 Å². The van der Waals surface area contributed by atoms with Gasteiger partial charge in [0.25, 0.3) is 0 Å². The minimum absolute atomic E-state index is 0.151. The van der Waals surface area contributed by atoms with Gasteiger partial charge < -0.3 is 15.4 Å². The summed E-state index contributed by atoms with van der Waals surface area (Å²) in [7, 11) is 1.76. The Labute approximate surface area is 166 Å². The van der Waals surface area contributed by atoms with Crippen molar-refractivity contribution in [3.63, 3.8) is 0 Å². The highest BCUT2D eigenvalue weighted by atomic mass is 19.1. The molecule has 0 bridgehead atoms. The Balaban J connectivity index is 1.78. The van der Waals surface area contributed by atoms with Crippen LogP contribution < -0.4 is 5.73 Å². The van der Waals surface area contributed by atoms with E-state index in [4.69, 9.17) is 5.73 Å². The van der Waals surface area contributed by atoms with Crippen molar-refractivity contribution < 1.29 is 9.50 Å². The molecule has 1 unspecified atom stereocenters. The van der Waals surface area contributed by atoms with E-state index in [2.05, 4.69) is 31.8 Å². The number of pyridine rings is 1. The summed E-state index contributed by atoms with van der Waals surface area (Å²) < 4.78 is 15.3. The van der Waals surface area contributed by atoms with Crippen LogP contribution >= 0.6 is 0 Å². The number of hydrogen-bond acceptors (Lipinski definition) is 6. The number of fused-ring (bicyclic) bond motifs is 1. The van der Waals surface area contributed by atoms with Crippen molar-refractivity contribution in [2.75, 3.05) is 5.73 Å². The summed E-state index contributed by atoms with van der Waals surface area (Å²) in [5.41, 5.74) is 6.71. The lowest BCUT2D eigenvalue weighted by molar-refractivity contribution is 0.122. The Hall–Kier alpha value is -3.83. The van der Waals surface area contributed by atoms with E-state index in [1.54, 1.807) is 55.2 Å². The van der Waals surface area contributed by atoms with Gasteiger partial charge in [-0.05, 0) is 42.7 Å². The van der Waals surface area contributed by atoms with Gasteiger partial charge in [-0.25, -0.2) is 19.3 Å². The van der Waals surface area contributed by atoms with Crippen molar-refractivity contribution in [1.29, 1.82) is 0 Å². The largest absolute Gasteiger partial charge is 0.382 e. The lowest BCUT2D eigenvalue weighted by Crippen LogP contribution is -2.18. The minimum atomic E-state index is -1.41. The smallest absolute Gasteiger partial charge is 0.209 e. The molecule has 0 aliphatic heterocycles. The lowest BCUT2D eigenvalue weighted by atomic mass is 9.98. The number of nitrogens with two attached hydrogens (primary N) is 1. The molecule has 0 saturated carbocycles. The summed E-state index contributed by atoms with van der Waals surface area (Å²) in [6, 6.07) is 9.47. The number of aryl methyl sites for hydroxylation is 1. The fraction of sp³-hybridized carbons (Fsp3) is 0.143. The molecule has 144 valence electrons. The quantitative estimate of drug-likeness (QED) is 0.511. The standard InChI is InChI=1S/C21H17FN6O/c1-21(29,14-7-10-24-11-8-14)9-6-16-25-18(23)17-20(26-16)28(2)19(27-17)13-4-3-5-15(22)12-13/h3-5,7-8,10-12,29H,1-2H3,(H2,23,25,26). The average Bonchev–Trinajstić information content (AvgIpc) is 3.05. The molecule has 3 heterocycles. The fourth-order valence-electron chi connectivity index (χ4n) is 2.95. The van der Waals surface area contributed by atoms with Gasteiger partial charge in [0.1, 0.15) is 17.2 Å². The second kappa shape index (κ2) is 6.96. The Kier molecular flexibility index (Phi) is 4.45. The third-order valence-electron chi connectivity index (χ3n) is 4.49. The number of benzene rings is 1. The first-order chi connectivity index (χ1) is 13.8. The van der Waals surface area contributed by atoms with Gasteiger partial charge in [-0.3, -0.25) is 4.98 Å². The Bertz CT molecular complexity index is 1270. The number of halogens is 1. The first kappa shape index (κ1) is 18.5.